The number of hydrogen-bond acceptors (Lipinski definition) is 2. The third-order valence-corrected chi connectivity index (χ3v) is 3.10. The highest BCUT2D eigenvalue weighted by Gasteiger charge is 2.14. The first-order valence-electron chi connectivity index (χ1n) is 5.74. The van der Waals surface area contributed by atoms with Gasteiger partial charge >= 0.3 is 0 Å². The zero-order valence-corrected chi connectivity index (χ0v) is 11.9. The average molecular weight is 323 g/mol. The summed E-state index contributed by atoms with van der Waals surface area (Å²) in [4.78, 5) is 11.4. The fourth-order valence-corrected chi connectivity index (χ4v) is 2.20. The van der Waals surface area contributed by atoms with Crippen molar-refractivity contribution in [3.05, 3.63) is 63.9 Å². The maximum absolute atomic E-state index is 13.6. The Bertz CT molecular complexity index is 611. The number of rotatable bonds is 4. The molecule has 0 radical (unpaired) electrons. The summed E-state index contributed by atoms with van der Waals surface area (Å²) in [6.45, 7) is 1.60. The van der Waals surface area contributed by atoms with Gasteiger partial charge < -0.3 is 4.74 Å². The van der Waals surface area contributed by atoms with Crippen LogP contribution in [-0.4, -0.2) is 5.78 Å². The molecule has 0 saturated carbocycles. The van der Waals surface area contributed by atoms with Crippen LogP contribution in [0.2, 0.25) is 0 Å². The number of benzene rings is 2. The van der Waals surface area contributed by atoms with Crippen molar-refractivity contribution in [2.75, 3.05) is 0 Å². The summed E-state index contributed by atoms with van der Waals surface area (Å²) in [6, 6.07) is 12.0. The van der Waals surface area contributed by atoms with Crippen LogP contribution in [0.25, 0.3) is 0 Å². The van der Waals surface area contributed by atoms with Gasteiger partial charge in [0.15, 0.2) is 5.78 Å². The summed E-state index contributed by atoms with van der Waals surface area (Å²) in [6.07, 6.45) is 0. The van der Waals surface area contributed by atoms with Crippen LogP contribution in [0.15, 0.2) is 46.9 Å². The summed E-state index contributed by atoms with van der Waals surface area (Å²) in [5.74, 6) is -0.631. The number of hydrogen-bond donors (Lipinski definition) is 0. The number of ether oxygens (including phenoxy) is 1. The lowest BCUT2D eigenvalue weighted by Gasteiger charge is -2.10. The van der Waals surface area contributed by atoms with Gasteiger partial charge in [0.2, 0.25) is 0 Å². The molecule has 0 unspecified atom stereocenters. The summed E-state index contributed by atoms with van der Waals surface area (Å²) in [5.41, 5.74) is 0.936. The molecule has 19 heavy (non-hydrogen) atoms. The SMILES string of the molecule is CC(=O)c1c(F)cccc1OCc1cccc(Br)c1. The summed E-state index contributed by atoms with van der Waals surface area (Å²) >= 11 is 3.37. The highest BCUT2D eigenvalue weighted by Crippen LogP contribution is 2.23. The molecule has 4 heteroatoms. The second kappa shape index (κ2) is 5.97. The number of Topliss-reactive ketones (excluding diaryl/α,β-unsaturated/α-hetero) is 1. The first kappa shape index (κ1) is 13.7. The Morgan fingerprint density at radius 2 is 2.00 bits per heavy atom. The van der Waals surface area contributed by atoms with E-state index >= 15 is 0 Å². The van der Waals surface area contributed by atoms with Crippen molar-refractivity contribution in [2.24, 2.45) is 0 Å². The second-order valence-electron chi connectivity index (χ2n) is 4.09. The van der Waals surface area contributed by atoms with E-state index in [1.807, 2.05) is 24.3 Å². The van der Waals surface area contributed by atoms with Gasteiger partial charge in [-0.25, -0.2) is 4.39 Å². The number of ketones is 1. The molecular formula is C15H12BrFO2. The molecule has 0 saturated heterocycles. The topological polar surface area (TPSA) is 26.3 Å². The smallest absolute Gasteiger partial charge is 0.166 e. The van der Waals surface area contributed by atoms with E-state index in [1.165, 1.54) is 19.1 Å². The zero-order chi connectivity index (χ0) is 13.8. The van der Waals surface area contributed by atoms with E-state index < -0.39 is 5.82 Å². The summed E-state index contributed by atoms with van der Waals surface area (Å²) in [5, 5.41) is 0. The highest BCUT2D eigenvalue weighted by molar-refractivity contribution is 9.10. The molecule has 0 spiro atoms. The molecule has 0 bridgehead atoms. The molecule has 0 aliphatic heterocycles. The fourth-order valence-electron chi connectivity index (χ4n) is 1.75. The van der Waals surface area contributed by atoms with Crippen molar-refractivity contribution in [1.82, 2.24) is 0 Å². The van der Waals surface area contributed by atoms with Crippen LogP contribution in [0.4, 0.5) is 4.39 Å². The lowest BCUT2D eigenvalue weighted by Crippen LogP contribution is -2.04. The summed E-state index contributed by atoms with van der Waals surface area (Å²) < 4.78 is 20.1. The molecule has 0 aromatic heterocycles. The normalized spacial score (nSPS) is 10.3. The molecule has 0 aliphatic carbocycles. The maximum atomic E-state index is 13.6. The van der Waals surface area contributed by atoms with Crippen LogP contribution in [-0.2, 0) is 6.61 Å². The molecule has 2 aromatic rings. The van der Waals surface area contributed by atoms with Crippen molar-refractivity contribution in [3.8, 4) is 5.75 Å². The average Bonchev–Trinajstić information content (AvgIpc) is 2.36. The Kier molecular flexibility index (Phi) is 4.32. The van der Waals surface area contributed by atoms with Crippen LogP contribution in [0, 0.1) is 5.82 Å². The van der Waals surface area contributed by atoms with Gasteiger partial charge in [-0.1, -0.05) is 34.1 Å². The molecule has 0 atom stereocenters. The number of carbonyl (C=O) groups excluding carboxylic acids is 1. The fraction of sp³-hybridized carbons (Fsp3) is 0.133. The molecule has 0 heterocycles. The minimum absolute atomic E-state index is 0.00232. The van der Waals surface area contributed by atoms with Gasteiger partial charge in [0.1, 0.15) is 18.2 Å². The predicted octanol–water partition coefficient (Wildman–Crippen LogP) is 4.37. The van der Waals surface area contributed by atoms with Crippen LogP contribution in [0.3, 0.4) is 0 Å². The van der Waals surface area contributed by atoms with Crippen LogP contribution >= 0.6 is 15.9 Å². The molecule has 2 aromatic carbocycles. The Morgan fingerprint density at radius 3 is 2.68 bits per heavy atom. The van der Waals surface area contributed by atoms with Gasteiger partial charge in [-0.2, -0.15) is 0 Å². The minimum Gasteiger partial charge on any atom is -0.488 e. The minimum atomic E-state index is -0.556. The van der Waals surface area contributed by atoms with E-state index in [-0.39, 0.29) is 23.7 Å². The van der Waals surface area contributed by atoms with E-state index in [0.717, 1.165) is 10.0 Å². The molecule has 0 aliphatic rings. The zero-order valence-electron chi connectivity index (χ0n) is 10.3. The van der Waals surface area contributed by atoms with Gasteiger partial charge in [0.25, 0.3) is 0 Å². The van der Waals surface area contributed by atoms with E-state index in [0.29, 0.717) is 0 Å². The Balaban J connectivity index is 2.20. The first-order chi connectivity index (χ1) is 9.08. The molecular weight excluding hydrogens is 311 g/mol. The van der Waals surface area contributed by atoms with Crippen molar-refractivity contribution in [1.29, 1.82) is 0 Å². The quantitative estimate of drug-likeness (QED) is 0.781. The monoisotopic (exact) mass is 322 g/mol. The molecule has 2 rings (SSSR count). The Hall–Kier alpha value is -1.68. The van der Waals surface area contributed by atoms with Gasteiger partial charge in [-0.15, -0.1) is 0 Å². The standard InChI is InChI=1S/C15H12BrFO2/c1-10(18)15-13(17)6-3-7-14(15)19-9-11-4-2-5-12(16)8-11/h2-8H,9H2,1H3. The van der Waals surface area contributed by atoms with E-state index in [4.69, 9.17) is 4.74 Å². The molecule has 0 N–H and O–H groups in total. The van der Waals surface area contributed by atoms with E-state index in [1.54, 1.807) is 6.07 Å². The van der Waals surface area contributed by atoms with Gasteiger partial charge in [0.05, 0.1) is 5.56 Å². The molecule has 2 nitrogen and oxygen atoms in total. The molecule has 0 amide bonds. The van der Waals surface area contributed by atoms with Gasteiger partial charge in [-0.05, 0) is 36.8 Å². The van der Waals surface area contributed by atoms with Crippen molar-refractivity contribution < 1.29 is 13.9 Å². The van der Waals surface area contributed by atoms with Gasteiger partial charge in [0, 0.05) is 4.47 Å². The van der Waals surface area contributed by atoms with Gasteiger partial charge in [-0.3, -0.25) is 4.79 Å². The Morgan fingerprint density at radius 1 is 1.26 bits per heavy atom. The third kappa shape index (κ3) is 3.41. The van der Waals surface area contributed by atoms with Crippen molar-refractivity contribution >= 4 is 21.7 Å². The molecule has 98 valence electrons. The van der Waals surface area contributed by atoms with E-state index in [2.05, 4.69) is 15.9 Å². The predicted molar refractivity (Wildman–Crippen MR) is 74.9 cm³/mol. The van der Waals surface area contributed by atoms with Crippen molar-refractivity contribution in [3.63, 3.8) is 0 Å². The lowest BCUT2D eigenvalue weighted by atomic mass is 10.1. The third-order valence-electron chi connectivity index (χ3n) is 2.61. The number of halogens is 2. The maximum Gasteiger partial charge on any atom is 0.166 e. The highest BCUT2D eigenvalue weighted by atomic mass is 79.9. The van der Waals surface area contributed by atoms with E-state index in [9.17, 15) is 9.18 Å². The second-order valence-corrected chi connectivity index (χ2v) is 5.00. The largest absolute Gasteiger partial charge is 0.488 e. The molecule has 0 fully saturated rings. The lowest BCUT2D eigenvalue weighted by molar-refractivity contribution is 0.100. The number of carbonyl (C=O) groups is 1. The van der Waals surface area contributed by atoms with Crippen molar-refractivity contribution in [2.45, 2.75) is 13.5 Å². The first-order valence-corrected chi connectivity index (χ1v) is 6.54. The van der Waals surface area contributed by atoms with Crippen LogP contribution in [0.5, 0.6) is 5.75 Å². The van der Waals surface area contributed by atoms with Crippen LogP contribution in [0.1, 0.15) is 22.8 Å². The van der Waals surface area contributed by atoms with Crippen LogP contribution < -0.4 is 4.74 Å². The Labute approximate surface area is 119 Å². The summed E-state index contributed by atoms with van der Waals surface area (Å²) in [7, 11) is 0.